The number of likely N-dealkylation sites (tertiary alicyclic amines) is 1. The molecule has 2 aliphatic heterocycles. The van der Waals surface area contributed by atoms with Gasteiger partial charge >= 0.3 is 6.09 Å². The van der Waals surface area contributed by atoms with E-state index in [2.05, 4.69) is 17.0 Å². The zero-order valence-corrected chi connectivity index (χ0v) is 17.2. The largest absolute Gasteiger partial charge is 0.493 e. The van der Waals surface area contributed by atoms with Crippen LogP contribution in [0.25, 0.3) is 0 Å². The molecule has 6 heteroatoms. The Hall–Kier alpha value is -1.95. The normalized spacial score (nSPS) is 20.8. The molecule has 1 amide bonds. The fourth-order valence-corrected chi connectivity index (χ4v) is 3.96. The van der Waals surface area contributed by atoms with Crippen molar-refractivity contribution in [2.45, 2.75) is 58.2 Å². The number of piperidine rings is 1. The molecule has 0 radical (unpaired) electrons. The molecule has 0 saturated carbocycles. The van der Waals surface area contributed by atoms with Crippen LogP contribution >= 0.6 is 0 Å². The van der Waals surface area contributed by atoms with Crippen LogP contribution in [-0.2, 0) is 17.7 Å². The lowest BCUT2D eigenvalue weighted by Crippen LogP contribution is -2.51. The highest BCUT2D eigenvalue weighted by molar-refractivity contribution is 5.68. The van der Waals surface area contributed by atoms with Crippen molar-refractivity contribution in [3.8, 4) is 11.5 Å². The number of methoxy groups -OCH3 is 2. The summed E-state index contributed by atoms with van der Waals surface area (Å²) in [4.78, 5) is 16.8. The zero-order chi connectivity index (χ0) is 19.6. The second-order valence-corrected chi connectivity index (χ2v) is 8.42. The van der Waals surface area contributed by atoms with Gasteiger partial charge in [-0.3, -0.25) is 4.90 Å². The van der Waals surface area contributed by atoms with Gasteiger partial charge in [0.25, 0.3) is 0 Å². The van der Waals surface area contributed by atoms with Gasteiger partial charge in [0.15, 0.2) is 11.5 Å². The van der Waals surface area contributed by atoms with Crippen molar-refractivity contribution in [2.24, 2.45) is 0 Å². The molecule has 1 atom stereocenters. The molecule has 150 valence electrons. The van der Waals surface area contributed by atoms with Crippen LogP contribution in [0.5, 0.6) is 11.5 Å². The van der Waals surface area contributed by atoms with Crippen molar-refractivity contribution < 1.29 is 19.0 Å². The number of carbonyl (C=O) groups is 1. The highest BCUT2D eigenvalue weighted by atomic mass is 16.6. The Balaban J connectivity index is 1.68. The second-order valence-electron chi connectivity index (χ2n) is 8.42. The van der Waals surface area contributed by atoms with E-state index >= 15 is 0 Å². The topological polar surface area (TPSA) is 51.2 Å². The van der Waals surface area contributed by atoms with Crippen LogP contribution in [-0.4, -0.2) is 61.4 Å². The van der Waals surface area contributed by atoms with E-state index < -0.39 is 5.60 Å². The third-order valence-electron chi connectivity index (χ3n) is 5.31. The highest BCUT2D eigenvalue weighted by Crippen LogP contribution is 2.34. The summed E-state index contributed by atoms with van der Waals surface area (Å²) in [5.41, 5.74) is 2.15. The molecule has 3 rings (SSSR count). The molecule has 1 unspecified atom stereocenters. The zero-order valence-electron chi connectivity index (χ0n) is 17.2. The third kappa shape index (κ3) is 4.67. The quantitative estimate of drug-likeness (QED) is 0.809. The first-order valence-corrected chi connectivity index (χ1v) is 9.76. The van der Waals surface area contributed by atoms with Crippen LogP contribution in [0, 0.1) is 0 Å². The average Bonchev–Trinajstić information content (AvgIpc) is 2.65. The maximum atomic E-state index is 12.4. The number of hydrogen-bond acceptors (Lipinski definition) is 5. The van der Waals surface area contributed by atoms with Crippen LogP contribution in [0.2, 0.25) is 0 Å². The van der Waals surface area contributed by atoms with Crippen LogP contribution < -0.4 is 9.47 Å². The maximum Gasteiger partial charge on any atom is 0.410 e. The molecule has 1 aromatic rings. The minimum Gasteiger partial charge on any atom is -0.493 e. The van der Waals surface area contributed by atoms with E-state index in [1.54, 1.807) is 14.2 Å². The lowest BCUT2D eigenvalue weighted by molar-refractivity contribution is 0.00926. The molecule has 6 nitrogen and oxygen atoms in total. The summed E-state index contributed by atoms with van der Waals surface area (Å²) >= 11 is 0. The first-order valence-electron chi connectivity index (χ1n) is 9.76. The fraction of sp³-hybridized carbons (Fsp3) is 0.667. The smallest absolute Gasteiger partial charge is 0.410 e. The molecule has 2 aliphatic rings. The summed E-state index contributed by atoms with van der Waals surface area (Å²) in [6, 6.07) is 4.56. The number of ether oxygens (including phenoxy) is 3. The monoisotopic (exact) mass is 376 g/mol. The molecule has 1 fully saturated rings. The second kappa shape index (κ2) is 7.97. The molecule has 0 bridgehead atoms. The van der Waals surface area contributed by atoms with Gasteiger partial charge in [-0.05, 0) is 63.3 Å². The van der Waals surface area contributed by atoms with Crippen molar-refractivity contribution in [3.63, 3.8) is 0 Å². The number of amides is 1. The number of nitrogens with zero attached hydrogens (tertiary/aromatic N) is 2. The van der Waals surface area contributed by atoms with Gasteiger partial charge in [-0.15, -0.1) is 0 Å². The van der Waals surface area contributed by atoms with Crippen molar-refractivity contribution in [2.75, 3.05) is 33.9 Å². The number of benzene rings is 1. The number of rotatable bonds is 3. The Morgan fingerprint density at radius 3 is 2.37 bits per heavy atom. The van der Waals surface area contributed by atoms with Crippen LogP contribution in [0.15, 0.2) is 12.1 Å². The van der Waals surface area contributed by atoms with Crippen LogP contribution in [0.4, 0.5) is 4.79 Å². The van der Waals surface area contributed by atoms with E-state index in [0.717, 1.165) is 56.9 Å². The Bertz CT molecular complexity index is 683. The van der Waals surface area contributed by atoms with Crippen LogP contribution in [0.3, 0.4) is 0 Å². The Kier molecular flexibility index (Phi) is 5.84. The molecule has 0 spiro atoms. The minimum atomic E-state index is -0.455. The van der Waals surface area contributed by atoms with Crippen LogP contribution in [0.1, 0.15) is 44.7 Å². The third-order valence-corrected chi connectivity index (χ3v) is 5.31. The number of carbonyl (C=O) groups excluding carboxylic acids is 1. The highest BCUT2D eigenvalue weighted by Gasteiger charge is 2.32. The molecule has 2 heterocycles. The average molecular weight is 376 g/mol. The first kappa shape index (κ1) is 19.8. The van der Waals surface area contributed by atoms with E-state index in [1.807, 2.05) is 25.7 Å². The van der Waals surface area contributed by atoms with E-state index in [1.165, 1.54) is 11.1 Å². The molecular weight excluding hydrogens is 344 g/mol. The minimum absolute atomic E-state index is 0.198. The SMILES string of the molecule is COc1cc2c(cc1OC)CN(C1CCCN(C(=O)OC(C)(C)C)C1)CC2. The fourth-order valence-electron chi connectivity index (χ4n) is 3.96. The summed E-state index contributed by atoms with van der Waals surface area (Å²) in [5.74, 6) is 1.57. The molecule has 1 saturated heterocycles. The van der Waals surface area contributed by atoms with Gasteiger partial charge in [-0.1, -0.05) is 0 Å². The van der Waals surface area contributed by atoms with E-state index in [4.69, 9.17) is 14.2 Å². The lowest BCUT2D eigenvalue weighted by Gasteiger charge is -2.41. The summed E-state index contributed by atoms with van der Waals surface area (Å²) in [5, 5.41) is 0. The Morgan fingerprint density at radius 1 is 1.07 bits per heavy atom. The van der Waals surface area contributed by atoms with Gasteiger partial charge in [-0.2, -0.15) is 0 Å². The molecule has 0 N–H and O–H groups in total. The van der Waals surface area contributed by atoms with E-state index in [9.17, 15) is 4.79 Å². The van der Waals surface area contributed by atoms with Crippen molar-refractivity contribution in [3.05, 3.63) is 23.3 Å². The number of hydrogen-bond donors (Lipinski definition) is 0. The molecule has 27 heavy (non-hydrogen) atoms. The Labute approximate surface area is 162 Å². The maximum absolute atomic E-state index is 12.4. The molecule has 0 aromatic heterocycles. The van der Waals surface area contributed by atoms with Gasteiger partial charge in [0.05, 0.1) is 14.2 Å². The van der Waals surface area contributed by atoms with Gasteiger partial charge in [0.1, 0.15) is 5.60 Å². The van der Waals surface area contributed by atoms with Gasteiger partial charge in [0, 0.05) is 32.2 Å². The summed E-state index contributed by atoms with van der Waals surface area (Å²) in [7, 11) is 3.34. The van der Waals surface area contributed by atoms with E-state index in [-0.39, 0.29) is 6.09 Å². The molecule has 1 aromatic carbocycles. The lowest BCUT2D eigenvalue weighted by atomic mass is 9.95. The van der Waals surface area contributed by atoms with Gasteiger partial charge in [-0.25, -0.2) is 4.79 Å². The summed E-state index contributed by atoms with van der Waals surface area (Å²) in [6.45, 7) is 9.12. The van der Waals surface area contributed by atoms with Crippen molar-refractivity contribution in [1.29, 1.82) is 0 Å². The van der Waals surface area contributed by atoms with Crippen molar-refractivity contribution in [1.82, 2.24) is 9.80 Å². The van der Waals surface area contributed by atoms with Gasteiger partial charge in [0.2, 0.25) is 0 Å². The first-order chi connectivity index (χ1) is 12.8. The molecular formula is C21H32N2O4. The van der Waals surface area contributed by atoms with Crippen molar-refractivity contribution >= 4 is 6.09 Å². The predicted molar refractivity (Wildman–Crippen MR) is 104 cm³/mol. The number of fused-ring (bicyclic) bond motifs is 1. The Morgan fingerprint density at radius 2 is 1.74 bits per heavy atom. The van der Waals surface area contributed by atoms with E-state index in [0.29, 0.717) is 6.04 Å². The summed E-state index contributed by atoms with van der Waals surface area (Å²) in [6.07, 6.45) is 2.91. The molecule has 0 aliphatic carbocycles. The standard InChI is InChI=1S/C21H32N2O4/c1-21(2,3)27-20(24)23-9-6-7-17(14-23)22-10-8-15-11-18(25-4)19(26-5)12-16(15)13-22/h11-12,17H,6-10,13-14H2,1-5H3. The summed E-state index contributed by atoms with van der Waals surface area (Å²) < 4.78 is 16.5. The predicted octanol–water partition coefficient (Wildman–Crippen LogP) is 3.46. The van der Waals surface area contributed by atoms with Gasteiger partial charge < -0.3 is 19.1 Å².